The molecule has 8 heteroatoms. The number of nitrogens with one attached hydrogen (secondary N) is 2. The fourth-order valence-corrected chi connectivity index (χ4v) is 4.51. The standard InChI is InChI=1S/C23H21ClN2O4S/c24-21-12-5-4-11-20(21)23(28)26-14-13-25-22(27)18-8-6-7-17(15-18)16-31(29,30)19-9-2-1-3-10-19/h1-12,15H,13-14,16H2,(H,25,27)(H,26,28). The van der Waals surface area contributed by atoms with Gasteiger partial charge < -0.3 is 10.6 Å². The summed E-state index contributed by atoms with van der Waals surface area (Å²) in [5.41, 5.74) is 1.23. The molecule has 3 aromatic carbocycles. The molecule has 2 amide bonds. The SMILES string of the molecule is O=C(NCCNC(=O)c1ccccc1Cl)c1cccc(CS(=O)(=O)c2ccccc2)c1. The summed E-state index contributed by atoms with van der Waals surface area (Å²) in [7, 11) is -3.51. The molecule has 0 aromatic heterocycles. The van der Waals surface area contributed by atoms with Gasteiger partial charge in [0.15, 0.2) is 9.84 Å². The quantitative estimate of drug-likeness (QED) is 0.507. The highest BCUT2D eigenvalue weighted by molar-refractivity contribution is 7.90. The lowest BCUT2D eigenvalue weighted by Crippen LogP contribution is -2.34. The summed E-state index contributed by atoms with van der Waals surface area (Å²) < 4.78 is 25.1. The summed E-state index contributed by atoms with van der Waals surface area (Å²) in [4.78, 5) is 24.8. The van der Waals surface area contributed by atoms with Crippen LogP contribution in [0.15, 0.2) is 83.8 Å². The molecule has 0 heterocycles. The molecule has 31 heavy (non-hydrogen) atoms. The molecule has 2 N–H and O–H groups in total. The minimum atomic E-state index is -3.51. The summed E-state index contributed by atoms with van der Waals surface area (Å²) in [6, 6.07) is 21.3. The minimum Gasteiger partial charge on any atom is -0.350 e. The molecule has 0 aliphatic rings. The van der Waals surface area contributed by atoms with Crippen LogP contribution < -0.4 is 10.6 Å². The number of rotatable bonds is 8. The van der Waals surface area contributed by atoms with Crippen LogP contribution in [0.2, 0.25) is 5.02 Å². The van der Waals surface area contributed by atoms with Crippen LogP contribution in [0, 0.1) is 0 Å². The van der Waals surface area contributed by atoms with Crippen LogP contribution >= 0.6 is 11.6 Å². The lowest BCUT2D eigenvalue weighted by molar-refractivity contribution is 0.0927. The Balaban J connectivity index is 1.54. The van der Waals surface area contributed by atoms with Crippen molar-refractivity contribution in [2.24, 2.45) is 0 Å². The molecule has 0 saturated carbocycles. The Morgan fingerprint density at radius 3 is 2.13 bits per heavy atom. The summed E-state index contributed by atoms with van der Waals surface area (Å²) >= 11 is 5.99. The molecule has 0 aliphatic heterocycles. The molecular weight excluding hydrogens is 436 g/mol. The first kappa shape index (κ1) is 22.5. The van der Waals surface area contributed by atoms with E-state index in [2.05, 4.69) is 10.6 Å². The second kappa shape index (κ2) is 10.2. The van der Waals surface area contributed by atoms with Gasteiger partial charge in [0.05, 0.1) is 21.2 Å². The zero-order chi connectivity index (χ0) is 22.3. The average Bonchev–Trinajstić information content (AvgIpc) is 2.77. The van der Waals surface area contributed by atoms with Crippen molar-refractivity contribution in [3.05, 3.63) is 101 Å². The van der Waals surface area contributed by atoms with E-state index in [9.17, 15) is 18.0 Å². The number of carbonyl (C=O) groups is 2. The second-order valence-corrected chi connectivity index (χ2v) is 9.16. The molecule has 0 radical (unpaired) electrons. The third-order valence-electron chi connectivity index (χ3n) is 4.46. The highest BCUT2D eigenvalue weighted by atomic mass is 35.5. The number of benzene rings is 3. The predicted octanol–water partition coefficient (Wildman–Crippen LogP) is 3.47. The van der Waals surface area contributed by atoms with E-state index in [4.69, 9.17) is 11.6 Å². The lowest BCUT2D eigenvalue weighted by Gasteiger charge is -2.09. The third kappa shape index (κ3) is 6.16. The van der Waals surface area contributed by atoms with Gasteiger partial charge in [-0.3, -0.25) is 9.59 Å². The summed E-state index contributed by atoms with van der Waals surface area (Å²) in [5.74, 6) is -0.884. The Morgan fingerprint density at radius 1 is 0.774 bits per heavy atom. The van der Waals surface area contributed by atoms with Crippen molar-refractivity contribution < 1.29 is 18.0 Å². The molecule has 3 rings (SSSR count). The van der Waals surface area contributed by atoms with E-state index in [0.717, 1.165) is 0 Å². The zero-order valence-electron chi connectivity index (χ0n) is 16.5. The molecule has 0 fully saturated rings. The van der Waals surface area contributed by atoms with Crippen LogP contribution in [0.5, 0.6) is 0 Å². The van der Waals surface area contributed by atoms with Crippen molar-refractivity contribution >= 4 is 33.3 Å². The number of amides is 2. The average molecular weight is 457 g/mol. The van der Waals surface area contributed by atoms with Gasteiger partial charge in [-0.25, -0.2) is 8.42 Å². The monoisotopic (exact) mass is 456 g/mol. The van der Waals surface area contributed by atoms with Crippen LogP contribution in [0.4, 0.5) is 0 Å². The van der Waals surface area contributed by atoms with Gasteiger partial charge in [0.25, 0.3) is 11.8 Å². The first-order valence-corrected chi connectivity index (χ1v) is 11.6. The Morgan fingerprint density at radius 2 is 1.42 bits per heavy atom. The number of halogens is 1. The van der Waals surface area contributed by atoms with Gasteiger partial charge in [0, 0.05) is 18.7 Å². The Hall–Kier alpha value is -3.16. The molecule has 0 bridgehead atoms. The first-order chi connectivity index (χ1) is 14.9. The van der Waals surface area contributed by atoms with Gasteiger partial charge in [0.1, 0.15) is 0 Å². The van der Waals surface area contributed by atoms with E-state index in [-0.39, 0.29) is 35.6 Å². The van der Waals surface area contributed by atoms with E-state index in [1.807, 2.05) is 0 Å². The first-order valence-electron chi connectivity index (χ1n) is 9.54. The fourth-order valence-electron chi connectivity index (χ4n) is 2.93. The Labute approximate surface area is 186 Å². The molecule has 0 unspecified atom stereocenters. The molecule has 0 atom stereocenters. The molecule has 3 aromatic rings. The molecule has 6 nitrogen and oxygen atoms in total. The van der Waals surface area contributed by atoms with Gasteiger partial charge in [0.2, 0.25) is 0 Å². The van der Waals surface area contributed by atoms with Gasteiger partial charge in [-0.2, -0.15) is 0 Å². The largest absolute Gasteiger partial charge is 0.350 e. The van der Waals surface area contributed by atoms with Crippen LogP contribution in [0.1, 0.15) is 26.3 Å². The van der Waals surface area contributed by atoms with Crippen molar-refractivity contribution in [3.63, 3.8) is 0 Å². The summed E-state index contributed by atoms with van der Waals surface area (Å²) in [5, 5.41) is 5.75. The van der Waals surface area contributed by atoms with Crippen molar-refractivity contribution in [2.75, 3.05) is 13.1 Å². The Kier molecular flexibility index (Phi) is 7.44. The molecule has 0 aliphatic carbocycles. The van der Waals surface area contributed by atoms with Crippen molar-refractivity contribution in [1.29, 1.82) is 0 Å². The third-order valence-corrected chi connectivity index (χ3v) is 6.50. The van der Waals surface area contributed by atoms with Crippen LogP contribution in [0.3, 0.4) is 0 Å². The van der Waals surface area contributed by atoms with E-state index in [1.54, 1.807) is 78.9 Å². The van der Waals surface area contributed by atoms with Crippen molar-refractivity contribution in [3.8, 4) is 0 Å². The molecule has 160 valence electrons. The second-order valence-electron chi connectivity index (χ2n) is 6.76. The highest BCUT2D eigenvalue weighted by Crippen LogP contribution is 2.17. The van der Waals surface area contributed by atoms with E-state index >= 15 is 0 Å². The minimum absolute atomic E-state index is 0.202. The number of sulfone groups is 1. The van der Waals surface area contributed by atoms with E-state index in [1.165, 1.54) is 0 Å². The maximum Gasteiger partial charge on any atom is 0.252 e. The number of hydrogen-bond acceptors (Lipinski definition) is 4. The van der Waals surface area contributed by atoms with E-state index in [0.29, 0.717) is 21.7 Å². The fraction of sp³-hybridized carbons (Fsp3) is 0.130. The van der Waals surface area contributed by atoms with E-state index < -0.39 is 9.84 Å². The maximum absolute atomic E-state index is 12.5. The van der Waals surface area contributed by atoms with Crippen LogP contribution in [0.25, 0.3) is 0 Å². The van der Waals surface area contributed by atoms with Crippen molar-refractivity contribution in [1.82, 2.24) is 10.6 Å². The molecule has 0 spiro atoms. The van der Waals surface area contributed by atoms with Crippen LogP contribution in [-0.2, 0) is 15.6 Å². The van der Waals surface area contributed by atoms with Gasteiger partial charge >= 0.3 is 0 Å². The smallest absolute Gasteiger partial charge is 0.252 e. The number of carbonyl (C=O) groups excluding carboxylic acids is 2. The van der Waals surface area contributed by atoms with Crippen LogP contribution in [-0.4, -0.2) is 33.3 Å². The van der Waals surface area contributed by atoms with Gasteiger partial charge in [-0.15, -0.1) is 0 Å². The highest BCUT2D eigenvalue weighted by Gasteiger charge is 2.16. The van der Waals surface area contributed by atoms with Gasteiger partial charge in [-0.05, 0) is 42.0 Å². The van der Waals surface area contributed by atoms with Crippen molar-refractivity contribution in [2.45, 2.75) is 10.6 Å². The molecular formula is C23H21ClN2O4S. The lowest BCUT2D eigenvalue weighted by atomic mass is 10.1. The zero-order valence-corrected chi connectivity index (χ0v) is 18.1. The topological polar surface area (TPSA) is 92.3 Å². The predicted molar refractivity (Wildman–Crippen MR) is 120 cm³/mol. The molecule has 0 saturated heterocycles. The summed E-state index contributed by atoms with van der Waals surface area (Å²) in [6.07, 6.45) is 0. The maximum atomic E-state index is 12.5. The Bertz CT molecular complexity index is 1180. The summed E-state index contributed by atoms with van der Waals surface area (Å²) in [6.45, 7) is 0.430. The number of hydrogen-bond donors (Lipinski definition) is 2. The normalized spacial score (nSPS) is 11.0. The van der Waals surface area contributed by atoms with Gasteiger partial charge in [-0.1, -0.05) is 54.1 Å².